The zero-order valence-electron chi connectivity index (χ0n) is 20.9. The molecule has 0 radical (unpaired) electrons. The van der Waals surface area contributed by atoms with Gasteiger partial charge in [-0.15, -0.1) is 0 Å². The Labute approximate surface area is 221 Å². The monoisotopic (exact) mass is 532 g/mol. The second-order valence-electron chi connectivity index (χ2n) is 9.19. The number of benzene rings is 2. The molecule has 0 saturated carbocycles. The first kappa shape index (κ1) is 24.9. The fourth-order valence-electron chi connectivity index (χ4n) is 4.99. The van der Waals surface area contributed by atoms with Crippen LogP contribution in [-0.2, 0) is 10.9 Å². The largest absolute Gasteiger partial charge is 0.481 e. The fraction of sp³-hybridized carbons (Fsp3) is 0.207. The SMILES string of the molecule is COc1ccc(-c2ccc3ncc4ccc(=O)n(-c5ccc(N6CCOCC6)c(C(F)(F)F)c5)c4c3c2)cn1. The number of morpholine rings is 1. The van der Waals surface area contributed by atoms with E-state index in [-0.39, 0.29) is 11.4 Å². The van der Waals surface area contributed by atoms with Crippen LogP contribution in [0.1, 0.15) is 5.56 Å². The van der Waals surface area contributed by atoms with E-state index in [4.69, 9.17) is 9.47 Å². The Kier molecular flexibility index (Phi) is 6.19. The molecule has 0 atom stereocenters. The van der Waals surface area contributed by atoms with E-state index in [1.807, 2.05) is 24.3 Å². The average Bonchev–Trinajstić information content (AvgIpc) is 2.96. The van der Waals surface area contributed by atoms with Gasteiger partial charge in [-0.3, -0.25) is 14.3 Å². The number of methoxy groups -OCH3 is 1. The summed E-state index contributed by atoms with van der Waals surface area (Å²) >= 11 is 0. The molecule has 2 aromatic carbocycles. The first-order valence-corrected chi connectivity index (χ1v) is 12.3. The van der Waals surface area contributed by atoms with Crippen molar-refractivity contribution in [2.45, 2.75) is 6.18 Å². The molecular formula is C29H23F3N4O3. The summed E-state index contributed by atoms with van der Waals surface area (Å²) in [6.45, 7) is 1.42. The van der Waals surface area contributed by atoms with Gasteiger partial charge in [0.1, 0.15) is 0 Å². The zero-order valence-corrected chi connectivity index (χ0v) is 20.9. The molecule has 1 fully saturated rings. The average molecular weight is 533 g/mol. The van der Waals surface area contributed by atoms with Gasteiger partial charge in [0, 0.05) is 59.6 Å². The Balaban J connectivity index is 1.58. The van der Waals surface area contributed by atoms with Crippen LogP contribution in [0.2, 0.25) is 0 Å². The van der Waals surface area contributed by atoms with Gasteiger partial charge >= 0.3 is 6.18 Å². The van der Waals surface area contributed by atoms with Crippen LogP contribution in [-0.4, -0.2) is 47.9 Å². The standard InChI is InChI=1S/C29H23F3N4O3/c1-38-26-8-3-19(16-34-26)18-2-6-24-22(14-18)28-20(17-33-24)4-9-27(37)36(28)21-5-7-25(23(15-21)29(30,31)32)35-10-12-39-13-11-35/h2-9,14-17H,10-13H2,1H3. The highest BCUT2D eigenvalue weighted by Gasteiger charge is 2.36. The Morgan fingerprint density at radius 1 is 0.897 bits per heavy atom. The quantitative estimate of drug-likeness (QED) is 0.286. The molecule has 0 aliphatic carbocycles. The second-order valence-corrected chi connectivity index (χ2v) is 9.19. The molecule has 0 unspecified atom stereocenters. The lowest BCUT2D eigenvalue weighted by molar-refractivity contribution is -0.137. The maximum Gasteiger partial charge on any atom is 0.418 e. The van der Waals surface area contributed by atoms with Gasteiger partial charge in [0.15, 0.2) is 0 Å². The number of nitrogens with zero attached hydrogens (tertiary/aromatic N) is 4. The highest BCUT2D eigenvalue weighted by Crippen LogP contribution is 2.39. The van der Waals surface area contributed by atoms with Crippen molar-refractivity contribution in [3.05, 3.63) is 89.0 Å². The third-order valence-electron chi connectivity index (χ3n) is 6.89. The summed E-state index contributed by atoms with van der Waals surface area (Å²) in [5, 5.41) is 1.25. The third kappa shape index (κ3) is 4.57. The zero-order chi connectivity index (χ0) is 27.1. The number of ether oxygens (including phenoxy) is 2. The minimum atomic E-state index is -4.62. The number of rotatable bonds is 4. The lowest BCUT2D eigenvalue weighted by Gasteiger charge is -2.31. The van der Waals surface area contributed by atoms with E-state index >= 15 is 0 Å². The van der Waals surface area contributed by atoms with E-state index in [1.54, 1.807) is 35.5 Å². The van der Waals surface area contributed by atoms with E-state index in [2.05, 4.69) is 9.97 Å². The molecule has 0 amide bonds. The van der Waals surface area contributed by atoms with Crippen LogP contribution in [0.25, 0.3) is 38.6 Å². The molecule has 0 N–H and O–H groups in total. The lowest BCUT2D eigenvalue weighted by Crippen LogP contribution is -2.37. The first-order chi connectivity index (χ1) is 18.8. The molecule has 1 aliphatic rings. The number of alkyl halides is 3. The molecule has 5 aromatic rings. The molecule has 0 spiro atoms. The van der Waals surface area contributed by atoms with Gasteiger partial charge in [0.05, 0.1) is 42.6 Å². The highest BCUT2D eigenvalue weighted by molar-refractivity contribution is 6.05. The first-order valence-electron chi connectivity index (χ1n) is 12.3. The summed E-state index contributed by atoms with van der Waals surface area (Å²) in [6, 6.07) is 16.2. The predicted octanol–water partition coefficient (Wildman–Crippen LogP) is 5.46. The van der Waals surface area contributed by atoms with Gasteiger partial charge in [0.25, 0.3) is 5.56 Å². The maximum atomic E-state index is 14.3. The van der Waals surface area contributed by atoms with Crippen molar-refractivity contribution in [1.29, 1.82) is 0 Å². The minimum Gasteiger partial charge on any atom is -0.481 e. The molecule has 4 heterocycles. The summed E-state index contributed by atoms with van der Waals surface area (Å²) < 4.78 is 54.7. The van der Waals surface area contributed by atoms with Crippen molar-refractivity contribution in [1.82, 2.24) is 14.5 Å². The van der Waals surface area contributed by atoms with Gasteiger partial charge in [-0.2, -0.15) is 13.2 Å². The lowest BCUT2D eigenvalue weighted by atomic mass is 10.0. The Morgan fingerprint density at radius 3 is 2.41 bits per heavy atom. The van der Waals surface area contributed by atoms with Crippen LogP contribution >= 0.6 is 0 Å². The van der Waals surface area contributed by atoms with Gasteiger partial charge in [-0.1, -0.05) is 6.07 Å². The fourth-order valence-corrected chi connectivity index (χ4v) is 4.99. The molecule has 39 heavy (non-hydrogen) atoms. The van der Waals surface area contributed by atoms with E-state index in [0.29, 0.717) is 54.0 Å². The molecule has 198 valence electrons. The molecule has 3 aromatic heterocycles. The smallest absolute Gasteiger partial charge is 0.418 e. The second kappa shape index (κ2) is 9.70. The predicted molar refractivity (Wildman–Crippen MR) is 143 cm³/mol. The summed E-state index contributed by atoms with van der Waals surface area (Å²) in [6.07, 6.45) is -1.32. The van der Waals surface area contributed by atoms with Crippen molar-refractivity contribution >= 4 is 27.5 Å². The van der Waals surface area contributed by atoms with E-state index in [0.717, 1.165) is 17.2 Å². The summed E-state index contributed by atoms with van der Waals surface area (Å²) in [5.74, 6) is 0.474. The van der Waals surface area contributed by atoms with Crippen molar-refractivity contribution < 1.29 is 22.6 Å². The minimum absolute atomic E-state index is 0.0728. The van der Waals surface area contributed by atoms with Crippen LogP contribution in [0.4, 0.5) is 18.9 Å². The normalized spacial score (nSPS) is 14.2. The molecular weight excluding hydrogens is 509 g/mol. The van der Waals surface area contributed by atoms with Crippen LogP contribution in [0.5, 0.6) is 5.88 Å². The molecule has 7 nitrogen and oxygen atoms in total. The van der Waals surface area contributed by atoms with E-state index < -0.39 is 17.3 Å². The van der Waals surface area contributed by atoms with Crippen LogP contribution in [0.3, 0.4) is 0 Å². The summed E-state index contributed by atoms with van der Waals surface area (Å²) in [7, 11) is 1.53. The summed E-state index contributed by atoms with van der Waals surface area (Å²) in [4.78, 5) is 23.7. The highest BCUT2D eigenvalue weighted by atomic mass is 19.4. The van der Waals surface area contributed by atoms with Gasteiger partial charge in [-0.05, 0) is 48.0 Å². The van der Waals surface area contributed by atoms with E-state index in [1.165, 1.54) is 23.8 Å². The van der Waals surface area contributed by atoms with Crippen molar-refractivity contribution in [2.75, 3.05) is 38.3 Å². The molecule has 1 aliphatic heterocycles. The third-order valence-corrected chi connectivity index (χ3v) is 6.89. The molecule has 0 bridgehead atoms. The van der Waals surface area contributed by atoms with Crippen LogP contribution < -0.4 is 15.2 Å². The number of anilines is 1. The number of aromatic nitrogens is 3. The van der Waals surface area contributed by atoms with Crippen molar-refractivity contribution in [3.8, 4) is 22.7 Å². The Bertz CT molecular complexity index is 1740. The van der Waals surface area contributed by atoms with Gasteiger partial charge in [0.2, 0.25) is 5.88 Å². The summed E-state index contributed by atoms with van der Waals surface area (Å²) in [5.41, 5.74) is 1.66. The number of hydrogen-bond acceptors (Lipinski definition) is 6. The van der Waals surface area contributed by atoms with Crippen molar-refractivity contribution in [2.24, 2.45) is 0 Å². The molecule has 10 heteroatoms. The number of hydrogen-bond donors (Lipinski definition) is 0. The molecule has 6 rings (SSSR count). The van der Waals surface area contributed by atoms with Gasteiger partial charge < -0.3 is 14.4 Å². The topological polar surface area (TPSA) is 69.5 Å². The van der Waals surface area contributed by atoms with Crippen LogP contribution in [0.15, 0.2) is 77.9 Å². The van der Waals surface area contributed by atoms with Crippen molar-refractivity contribution in [3.63, 3.8) is 0 Å². The molecule has 1 saturated heterocycles. The van der Waals surface area contributed by atoms with Gasteiger partial charge in [-0.25, -0.2) is 4.98 Å². The number of halogens is 3. The van der Waals surface area contributed by atoms with Crippen LogP contribution in [0, 0.1) is 0 Å². The van der Waals surface area contributed by atoms with E-state index in [9.17, 15) is 18.0 Å². The number of fused-ring (bicyclic) bond motifs is 3. The number of pyridine rings is 3. The maximum absolute atomic E-state index is 14.3. The Morgan fingerprint density at radius 2 is 1.69 bits per heavy atom. The Hall–Kier alpha value is -4.44.